The van der Waals surface area contributed by atoms with Gasteiger partial charge in [0.1, 0.15) is 0 Å². The summed E-state index contributed by atoms with van der Waals surface area (Å²) in [5, 5.41) is 3.20. The summed E-state index contributed by atoms with van der Waals surface area (Å²) in [6, 6.07) is 15.0. The molecule has 19 heavy (non-hydrogen) atoms. The fourth-order valence-electron chi connectivity index (χ4n) is 1.93. The van der Waals surface area contributed by atoms with E-state index in [2.05, 4.69) is 5.32 Å². The number of sulfone groups is 1. The lowest BCUT2D eigenvalue weighted by Crippen LogP contribution is -2.06. The summed E-state index contributed by atoms with van der Waals surface area (Å²) in [4.78, 5) is 0.337. The summed E-state index contributed by atoms with van der Waals surface area (Å²) in [6.07, 6.45) is 1.22. The van der Waals surface area contributed by atoms with Gasteiger partial charge in [-0.3, -0.25) is 0 Å². The van der Waals surface area contributed by atoms with Crippen molar-refractivity contribution >= 4 is 15.5 Å². The zero-order valence-electron chi connectivity index (χ0n) is 11.1. The Labute approximate surface area is 114 Å². The average Bonchev–Trinajstić information content (AvgIpc) is 2.37. The first-order valence-electron chi connectivity index (χ1n) is 6.06. The van der Waals surface area contributed by atoms with Crippen LogP contribution >= 0.6 is 0 Å². The quantitative estimate of drug-likeness (QED) is 0.933. The van der Waals surface area contributed by atoms with E-state index in [9.17, 15) is 8.42 Å². The van der Waals surface area contributed by atoms with Crippen LogP contribution < -0.4 is 5.32 Å². The second-order valence-electron chi connectivity index (χ2n) is 4.55. The largest absolute Gasteiger partial charge is 0.380 e. The van der Waals surface area contributed by atoms with Crippen LogP contribution in [-0.2, 0) is 16.4 Å². The second-order valence-corrected chi connectivity index (χ2v) is 6.53. The first kappa shape index (κ1) is 13.6. The van der Waals surface area contributed by atoms with E-state index in [0.717, 1.165) is 5.56 Å². The molecule has 0 spiro atoms. The fourth-order valence-corrected chi connectivity index (χ4v) is 2.80. The summed E-state index contributed by atoms with van der Waals surface area (Å²) in [5.41, 5.74) is 2.99. The lowest BCUT2D eigenvalue weighted by atomic mass is 10.1. The van der Waals surface area contributed by atoms with Crippen LogP contribution in [0.3, 0.4) is 0 Å². The van der Waals surface area contributed by atoms with Gasteiger partial charge in [0.05, 0.1) is 10.6 Å². The number of anilines is 1. The Bertz CT molecular complexity index is 678. The summed E-state index contributed by atoms with van der Waals surface area (Å²) < 4.78 is 23.4. The van der Waals surface area contributed by atoms with Crippen molar-refractivity contribution in [2.75, 3.05) is 11.6 Å². The SMILES string of the molecule is Cc1ccccc1CNc1ccccc1S(C)(=O)=O. The topological polar surface area (TPSA) is 46.2 Å². The second kappa shape index (κ2) is 5.45. The van der Waals surface area contributed by atoms with Gasteiger partial charge in [0.25, 0.3) is 0 Å². The van der Waals surface area contributed by atoms with E-state index in [-0.39, 0.29) is 0 Å². The summed E-state index contributed by atoms with van der Waals surface area (Å²) in [5.74, 6) is 0. The number of para-hydroxylation sites is 1. The molecule has 0 aliphatic carbocycles. The molecule has 0 saturated heterocycles. The highest BCUT2D eigenvalue weighted by Gasteiger charge is 2.12. The van der Waals surface area contributed by atoms with Crippen LogP contribution in [0.15, 0.2) is 53.4 Å². The number of rotatable bonds is 4. The van der Waals surface area contributed by atoms with E-state index in [4.69, 9.17) is 0 Å². The van der Waals surface area contributed by atoms with Crippen LogP contribution in [0, 0.1) is 6.92 Å². The maximum Gasteiger partial charge on any atom is 0.177 e. The molecule has 3 nitrogen and oxygen atoms in total. The third-order valence-corrected chi connectivity index (χ3v) is 4.17. The van der Waals surface area contributed by atoms with Crippen LogP contribution in [0.5, 0.6) is 0 Å². The Balaban J connectivity index is 2.24. The van der Waals surface area contributed by atoms with Crippen LogP contribution in [0.25, 0.3) is 0 Å². The van der Waals surface area contributed by atoms with E-state index >= 15 is 0 Å². The van der Waals surface area contributed by atoms with Crippen molar-refractivity contribution in [2.24, 2.45) is 0 Å². The minimum absolute atomic E-state index is 0.337. The van der Waals surface area contributed by atoms with Crippen LogP contribution in [-0.4, -0.2) is 14.7 Å². The average molecular weight is 275 g/mol. The Morgan fingerprint density at radius 1 is 1.00 bits per heavy atom. The van der Waals surface area contributed by atoms with E-state index < -0.39 is 9.84 Å². The van der Waals surface area contributed by atoms with Gasteiger partial charge in [-0.15, -0.1) is 0 Å². The Morgan fingerprint density at radius 2 is 1.63 bits per heavy atom. The highest BCUT2D eigenvalue weighted by molar-refractivity contribution is 7.90. The zero-order chi connectivity index (χ0) is 13.9. The normalized spacial score (nSPS) is 11.3. The third-order valence-electron chi connectivity index (χ3n) is 3.02. The number of aryl methyl sites for hydroxylation is 1. The molecule has 0 bridgehead atoms. The van der Waals surface area contributed by atoms with Crippen molar-refractivity contribution in [3.63, 3.8) is 0 Å². The molecule has 0 heterocycles. The van der Waals surface area contributed by atoms with Gasteiger partial charge in [-0.1, -0.05) is 36.4 Å². The molecule has 0 atom stereocenters. The monoisotopic (exact) mass is 275 g/mol. The Kier molecular flexibility index (Phi) is 3.90. The van der Waals surface area contributed by atoms with Crippen molar-refractivity contribution in [2.45, 2.75) is 18.4 Å². The molecule has 0 radical (unpaired) electrons. The van der Waals surface area contributed by atoms with Crippen molar-refractivity contribution in [1.29, 1.82) is 0 Å². The Hall–Kier alpha value is -1.81. The molecule has 1 N–H and O–H groups in total. The molecule has 0 unspecified atom stereocenters. The van der Waals surface area contributed by atoms with E-state index in [1.807, 2.05) is 37.3 Å². The molecule has 2 rings (SSSR count). The minimum Gasteiger partial charge on any atom is -0.380 e. The molecule has 2 aromatic carbocycles. The maximum absolute atomic E-state index is 11.7. The van der Waals surface area contributed by atoms with Crippen molar-refractivity contribution < 1.29 is 8.42 Å². The Morgan fingerprint density at radius 3 is 2.32 bits per heavy atom. The summed E-state index contributed by atoms with van der Waals surface area (Å²) in [7, 11) is -3.21. The lowest BCUT2D eigenvalue weighted by Gasteiger charge is -2.12. The number of benzene rings is 2. The maximum atomic E-state index is 11.7. The van der Waals surface area contributed by atoms with Crippen molar-refractivity contribution in [3.8, 4) is 0 Å². The zero-order valence-corrected chi connectivity index (χ0v) is 11.9. The number of nitrogens with one attached hydrogen (secondary N) is 1. The van der Waals surface area contributed by atoms with Crippen LogP contribution in [0.1, 0.15) is 11.1 Å². The third kappa shape index (κ3) is 3.35. The van der Waals surface area contributed by atoms with Gasteiger partial charge in [0.2, 0.25) is 0 Å². The first-order valence-corrected chi connectivity index (χ1v) is 7.95. The molecule has 0 aliphatic rings. The predicted molar refractivity (Wildman–Crippen MR) is 78.1 cm³/mol. The predicted octanol–water partition coefficient (Wildman–Crippen LogP) is 3.01. The first-order chi connectivity index (χ1) is 8.98. The van der Waals surface area contributed by atoms with Gasteiger partial charge < -0.3 is 5.32 Å². The van der Waals surface area contributed by atoms with Gasteiger partial charge in [0.15, 0.2) is 9.84 Å². The lowest BCUT2D eigenvalue weighted by molar-refractivity contribution is 0.602. The molecule has 0 amide bonds. The van der Waals surface area contributed by atoms with Crippen molar-refractivity contribution in [1.82, 2.24) is 0 Å². The van der Waals surface area contributed by atoms with Gasteiger partial charge in [-0.2, -0.15) is 0 Å². The standard InChI is InChI=1S/C15H17NO2S/c1-12-7-3-4-8-13(12)11-16-14-9-5-6-10-15(14)19(2,17)18/h3-10,16H,11H2,1-2H3. The van der Waals surface area contributed by atoms with Gasteiger partial charge in [0, 0.05) is 12.8 Å². The van der Waals surface area contributed by atoms with E-state index in [1.54, 1.807) is 18.2 Å². The van der Waals surface area contributed by atoms with E-state index in [0.29, 0.717) is 17.1 Å². The van der Waals surface area contributed by atoms with Gasteiger partial charge in [-0.05, 0) is 30.2 Å². The minimum atomic E-state index is -3.21. The number of hydrogen-bond acceptors (Lipinski definition) is 3. The molecule has 2 aromatic rings. The number of hydrogen-bond donors (Lipinski definition) is 1. The highest BCUT2D eigenvalue weighted by Crippen LogP contribution is 2.21. The van der Waals surface area contributed by atoms with Crippen LogP contribution in [0.2, 0.25) is 0 Å². The molecular weight excluding hydrogens is 258 g/mol. The molecule has 4 heteroatoms. The van der Waals surface area contributed by atoms with Gasteiger partial charge >= 0.3 is 0 Å². The molecule has 0 saturated carbocycles. The van der Waals surface area contributed by atoms with Crippen molar-refractivity contribution in [3.05, 3.63) is 59.7 Å². The van der Waals surface area contributed by atoms with Gasteiger partial charge in [-0.25, -0.2) is 8.42 Å². The fraction of sp³-hybridized carbons (Fsp3) is 0.200. The summed E-state index contributed by atoms with van der Waals surface area (Å²) >= 11 is 0. The smallest absolute Gasteiger partial charge is 0.177 e. The molecule has 0 aliphatic heterocycles. The molecule has 0 aromatic heterocycles. The van der Waals surface area contributed by atoms with E-state index in [1.165, 1.54) is 11.8 Å². The molecule has 0 fully saturated rings. The van der Waals surface area contributed by atoms with Crippen LogP contribution in [0.4, 0.5) is 5.69 Å². The summed E-state index contributed by atoms with van der Waals surface area (Å²) in [6.45, 7) is 2.65. The highest BCUT2D eigenvalue weighted by atomic mass is 32.2. The molecule has 100 valence electrons. The molecular formula is C15H17NO2S.